The molecule has 1 aliphatic heterocycles. The molecular formula is C25H33F2N5. The van der Waals surface area contributed by atoms with Gasteiger partial charge in [0.2, 0.25) is 0 Å². The standard InChI is InChI=1S/C25H33F2N5/c1-32(2)24-20-5-3-4-6-23(20)30-25(28,31-24)19-10-7-18(8-11-19)16-29-14-13-17-9-12-21(26)22(27)15-17/h3-6,9,12,15,18-19,29-30H,7-8,10-11,13-14,16,28H2,1-2H3. The average Bonchev–Trinajstić information content (AvgIpc) is 2.78. The molecule has 2 aromatic carbocycles. The first kappa shape index (κ1) is 22.7. The van der Waals surface area contributed by atoms with Crippen molar-refractivity contribution in [1.29, 1.82) is 0 Å². The van der Waals surface area contributed by atoms with Crippen molar-refractivity contribution in [1.82, 2.24) is 10.2 Å². The highest BCUT2D eigenvalue weighted by Gasteiger charge is 2.40. The Hall–Kier alpha value is -2.51. The number of benzene rings is 2. The number of rotatable bonds is 6. The molecule has 5 nitrogen and oxygen atoms in total. The summed E-state index contributed by atoms with van der Waals surface area (Å²) in [7, 11) is 4.01. The second-order valence-electron chi connectivity index (χ2n) is 9.25. The van der Waals surface area contributed by atoms with Gasteiger partial charge in [-0.1, -0.05) is 18.2 Å². The van der Waals surface area contributed by atoms with Crippen LogP contribution in [0.25, 0.3) is 0 Å². The lowest BCUT2D eigenvalue weighted by Gasteiger charge is -2.43. The van der Waals surface area contributed by atoms with Crippen LogP contribution < -0.4 is 16.4 Å². The highest BCUT2D eigenvalue weighted by molar-refractivity contribution is 6.05. The normalized spacial score (nSPS) is 25.0. The van der Waals surface area contributed by atoms with Crippen LogP contribution in [-0.2, 0) is 6.42 Å². The Morgan fingerprint density at radius 2 is 1.84 bits per heavy atom. The number of nitrogens with two attached hydrogens (primary N) is 1. The minimum Gasteiger partial charge on any atom is -0.362 e. The Labute approximate surface area is 189 Å². The fourth-order valence-corrected chi connectivity index (χ4v) is 4.84. The van der Waals surface area contributed by atoms with Gasteiger partial charge in [0, 0.05) is 31.3 Å². The van der Waals surface area contributed by atoms with E-state index in [1.165, 1.54) is 12.1 Å². The monoisotopic (exact) mass is 441 g/mol. The first-order valence-corrected chi connectivity index (χ1v) is 11.4. The van der Waals surface area contributed by atoms with E-state index in [1.54, 1.807) is 6.07 Å². The van der Waals surface area contributed by atoms with Gasteiger partial charge in [-0.25, -0.2) is 13.8 Å². The zero-order chi connectivity index (χ0) is 22.7. The lowest BCUT2D eigenvalue weighted by atomic mass is 9.78. The minimum atomic E-state index is -0.797. The van der Waals surface area contributed by atoms with E-state index < -0.39 is 17.4 Å². The number of aliphatic imine (C=N–C) groups is 1. The molecule has 0 saturated heterocycles. The second-order valence-corrected chi connectivity index (χ2v) is 9.25. The van der Waals surface area contributed by atoms with Gasteiger partial charge in [0.05, 0.1) is 0 Å². The van der Waals surface area contributed by atoms with Gasteiger partial charge in [-0.05, 0) is 80.9 Å². The molecule has 0 spiro atoms. The van der Waals surface area contributed by atoms with Crippen LogP contribution in [0, 0.1) is 23.5 Å². The van der Waals surface area contributed by atoms with E-state index in [4.69, 9.17) is 10.7 Å². The zero-order valence-corrected chi connectivity index (χ0v) is 18.9. The highest BCUT2D eigenvalue weighted by Crippen LogP contribution is 2.38. The third-order valence-electron chi connectivity index (χ3n) is 6.69. The first-order valence-electron chi connectivity index (χ1n) is 11.4. The van der Waals surface area contributed by atoms with Gasteiger partial charge in [-0.15, -0.1) is 0 Å². The fraction of sp³-hybridized carbons (Fsp3) is 0.480. The van der Waals surface area contributed by atoms with Crippen molar-refractivity contribution in [3.63, 3.8) is 0 Å². The molecule has 2 aliphatic rings. The average molecular weight is 442 g/mol. The van der Waals surface area contributed by atoms with Crippen LogP contribution in [0.2, 0.25) is 0 Å². The summed E-state index contributed by atoms with van der Waals surface area (Å²) >= 11 is 0. The topological polar surface area (TPSA) is 65.7 Å². The lowest BCUT2D eigenvalue weighted by molar-refractivity contribution is 0.192. The number of hydrogen-bond donors (Lipinski definition) is 3. The van der Waals surface area contributed by atoms with E-state index in [9.17, 15) is 8.78 Å². The number of nitrogens with zero attached hydrogens (tertiary/aromatic N) is 2. The minimum absolute atomic E-state index is 0.268. The van der Waals surface area contributed by atoms with Crippen LogP contribution in [0.1, 0.15) is 36.8 Å². The Balaban J connectivity index is 1.29. The number of para-hydroxylation sites is 1. The summed E-state index contributed by atoms with van der Waals surface area (Å²) in [4.78, 5) is 6.99. The predicted octanol–water partition coefficient (Wildman–Crippen LogP) is 3.95. The zero-order valence-electron chi connectivity index (χ0n) is 18.9. The molecule has 1 unspecified atom stereocenters. The molecule has 4 N–H and O–H groups in total. The third-order valence-corrected chi connectivity index (χ3v) is 6.69. The molecule has 1 heterocycles. The summed E-state index contributed by atoms with van der Waals surface area (Å²) in [5, 5.41) is 6.99. The van der Waals surface area contributed by atoms with Crippen LogP contribution in [0.5, 0.6) is 0 Å². The molecule has 0 aromatic heterocycles. The van der Waals surface area contributed by atoms with Crippen LogP contribution >= 0.6 is 0 Å². The summed E-state index contributed by atoms with van der Waals surface area (Å²) in [6.07, 6.45) is 4.91. The molecule has 1 aliphatic carbocycles. The van der Waals surface area contributed by atoms with E-state index in [1.807, 2.05) is 31.1 Å². The molecule has 172 valence electrons. The van der Waals surface area contributed by atoms with E-state index in [-0.39, 0.29) is 5.92 Å². The molecule has 0 bridgehead atoms. The van der Waals surface area contributed by atoms with Crippen LogP contribution in [-0.4, -0.2) is 43.7 Å². The van der Waals surface area contributed by atoms with Gasteiger partial charge in [-0.3, -0.25) is 5.73 Å². The van der Waals surface area contributed by atoms with E-state index in [0.717, 1.165) is 61.4 Å². The number of nitrogens with one attached hydrogen (secondary N) is 2. The molecule has 4 rings (SSSR count). The molecule has 1 fully saturated rings. The largest absolute Gasteiger partial charge is 0.362 e. The van der Waals surface area contributed by atoms with Gasteiger partial charge >= 0.3 is 0 Å². The quantitative estimate of drug-likeness (QED) is 0.594. The molecular weight excluding hydrogens is 408 g/mol. The van der Waals surface area contributed by atoms with Gasteiger partial charge < -0.3 is 15.5 Å². The summed E-state index contributed by atoms with van der Waals surface area (Å²) in [5.41, 5.74) is 9.76. The second kappa shape index (κ2) is 9.55. The maximum absolute atomic E-state index is 13.3. The van der Waals surface area contributed by atoms with Crippen molar-refractivity contribution in [3.05, 3.63) is 65.2 Å². The van der Waals surface area contributed by atoms with Gasteiger partial charge in [-0.2, -0.15) is 0 Å². The maximum atomic E-state index is 13.3. The number of hydrogen-bond acceptors (Lipinski definition) is 5. The SMILES string of the molecule is CN(C)C1=NC(N)(C2CCC(CNCCc3ccc(F)c(F)c3)CC2)Nc2ccccc21. The smallest absolute Gasteiger partial charge is 0.187 e. The molecule has 32 heavy (non-hydrogen) atoms. The molecule has 0 amide bonds. The Morgan fingerprint density at radius 3 is 2.56 bits per heavy atom. The van der Waals surface area contributed by atoms with Crippen LogP contribution in [0.4, 0.5) is 14.5 Å². The van der Waals surface area contributed by atoms with Gasteiger partial charge in [0.15, 0.2) is 17.4 Å². The van der Waals surface area contributed by atoms with Crippen molar-refractivity contribution in [2.24, 2.45) is 22.6 Å². The third kappa shape index (κ3) is 4.94. The maximum Gasteiger partial charge on any atom is 0.187 e. The summed E-state index contributed by atoms with van der Waals surface area (Å²) in [6, 6.07) is 12.3. The summed E-state index contributed by atoms with van der Waals surface area (Å²) < 4.78 is 26.4. The van der Waals surface area contributed by atoms with Crippen LogP contribution in [0.15, 0.2) is 47.5 Å². The van der Waals surface area contributed by atoms with E-state index in [0.29, 0.717) is 12.3 Å². The number of anilines is 1. The Morgan fingerprint density at radius 1 is 1.09 bits per heavy atom. The van der Waals surface area contributed by atoms with E-state index >= 15 is 0 Å². The summed E-state index contributed by atoms with van der Waals surface area (Å²) in [5.74, 6) is -0.594. The van der Waals surface area contributed by atoms with Crippen molar-refractivity contribution >= 4 is 11.5 Å². The summed E-state index contributed by atoms with van der Waals surface area (Å²) in [6.45, 7) is 1.68. The molecule has 7 heteroatoms. The van der Waals surface area contributed by atoms with Crippen molar-refractivity contribution in [2.75, 3.05) is 32.5 Å². The molecule has 0 radical (unpaired) electrons. The number of halogens is 2. The lowest BCUT2D eigenvalue weighted by Crippen LogP contribution is -2.56. The number of amidine groups is 1. The molecule has 2 aromatic rings. The first-order chi connectivity index (χ1) is 15.4. The number of fused-ring (bicyclic) bond motifs is 1. The van der Waals surface area contributed by atoms with Crippen molar-refractivity contribution in [2.45, 2.75) is 37.9 Å². The van der Waals surface area contributed by atoms with E-state index in [2.05, 4.69) is 22.8 Å². The molecule has 1 saturated carbocycles. The van der Waals surface area contributed by atoms with Gasteiger partial charge in [0.1, 0.15) is 5.84 Å². The van der Waals surface area contributed by atoms with Gasteiger partial charge in [0.25, 0.3) is 0 Å². The molecule has 1 atom stereocenters. The Bertz CT molecular complexity index is 969. The van der Waals surface area contributed by atoms with Crippen LogP contribution in [0.3, 0.4) is 0 Å². The Kier molecular flexibility index (Phi) is 6.76. The highest BCUT2D eigenvalue weighted by atomic mass is 19.2. The van der Waals surface area contributed by atoms with Crippen molar-refractivity contribution in [3.8, 4) is 0 Å². The van der Waals surface area contributed by atoms with Crippen molar-refractivity contribution < 1.29 is 8.78 Å². The predicted molar refractivity (Wildman–Crippen MR) is 126 cm³/mol. The fourth-order valence-electron chi connectivity index (χ4n) is 4.84.